The van der Waals surface area contributed by atoms with Crippen molar-refractivity contribution in [3.05, 3.63) is 97.0 Å². The standard InChI is InChI=1S/C27H23BrClN3O5/c1-15(2)25-31-22-9-8-19(28)11-21(22)26(33)32(25)30-13-18-10-20(29)12-23(36-3)24(18)37-14-16-4-6-17(7-5-16)27(34)35/h4-13,15H,14H2,1-3H3,(H,34,35). The summed E-state index contributed by atoms with van der Waals surface area (Å²) in [6, 6.07) is 15.0. The van der Waals surface area contributed by atoms with Crippen LogP contribution in [0.1, 0.15) is 47.1 Å². The van der Waals surface area contributed by atoms with Crippen LogP contribution in [0.4, 0.5) is 0 Å². The van der Waals surface area contributed by atoms with E-state index in [1.807, 2.05) is 19.9 Å². The minimum absolute atomic E-state index is 0.0729. The number of nitrogens with zero attached hydrogens (tertiary/aromatic N) is 3. The van der Waals surface area contributed by atoms with Crippen molar-refractivity contribution in [3.8, 4) is 11.5 Å². The number of benzene rings is 3. The predicted octanol–water partition coefficient (Wildman–Crippen LogP) is 6.10. The molecular weight excluding hydrogens is 562 g/mol. The molecule has 0 saturated carbocycles. The Hall–Kier alpha value is -3.69. The topological polar surface area (TPSA) is 103 Å². The van der Waals surface area contributed by atoms with Crippen molar-refractivity contribution in [2.75, 3.05) is 7.11 Å². The monoisotopic (exact) mass is 583 g/mol. The van der Waals surface area contributed by atoms with Crippen LogP contribution in [0.3, 0.4) is 0 Å². The molecule has 4 aromatic rings. The molecule has 37 heavy (non-hydrogen) atoms. The minimum Gasteiger partial charge on any atom is -0.493 e. The molecule has 10 heteroatoms. The molecule has 1 aromatic heterocycles. The van der Waals surface area contributed by atoms with Gasteiger partial charge in [0.05, 0.1) is 29.8 Å². The van der Waals surface area contributed by atoms with Gasteiger partial charge in [-0.05, 0) is 42.0 Å². The van der Waals surface area contributed by atoms with Gasteiger partial charge in [0.15, 0.2) is 11.5 Å². The van der Waals surface area contributed by atoms with E-state index in [4.69, 9.17) is 26.2 Å². The summed E-state index contributed by atoms with van der Waals surface area (Å²) in [6.45, 7) is 4.01. The van der Waals surface area contributed by atoms with Crippen LogP contribution in [0.2, 0.25) is 5.02 Å². The molecule has 4 rings (SSSR count). The molecule has 1 N–H and O–H groups in total. The van der Waals surface area contributed by atoms with Gasteiger partial charge in [0.2, 0.25) is 0 Å². The van der Waals surface area contributed by atoms with Crippen molar-refractivity contribution in [1.29, 1.82) is 0 Å². The summed E-state index contributed by atoms with van der Waals surface area (Å²) >= 11 is 9.72. The van der Waals surface area contributed by atoms with Crippen LogP contribution in [-0.2, 0) is 6.61 Å². The van der Waals surface area contributed by atoms with Crippen LogP contribution in [-0.4, -0.2) is 34.1 Å². The number of carboxylic acids is 1. The van der Waals surface area contributed by atoms with Crippen LogP contribution >= 0.6 is 27.5 Å². The number of methoxy groups -OCH3 is 1. The first-order valence-electron chi connectivity index (χ1n) is 11.3. The molecule has 0 unspecified atom stereocenters. The maximum Gasteiger partial charge on any atom is 0.335 e. The zero-order valence-corrected chi connectivity index (χ0v) is 22.6. The van der Waals surface area contributed by atoms with Crippen molar-refractivity contribution in [1.82, 2.24) is 9.66 Å². The summed E-state index contributed by atoms with van der Waals surface area (Å²) in [5.41, 5.74) is 1.71. The first-order chi connectivity index (χ1) is 17.7. The molecule has 0 saturated heterocycles. The fourth-order valence-electron chi connectivity index (χ4n) is 3.66. The quantitative estimate of drug-likeness (QED) is 0.251. The van der Waals surface area contributed by atoms with E-state index in [0.29, 0.717) is 38.8 Å². The number of ether oxygens (including phenoxy) is 2. The molecule has 0 amide bonds. The number of hydrogen-bond acceptors (Lipinski definition) is 6. The number of fused-ring (bicyclic) bond motifs is 1. The van der Waals surface area contributed by atoms with Gasteiger partial charge in [-0.1, -0.05) is 53.5 Å². The highest BCUT2D eigenvalue weighted by atomic mass is 79.9. The average Bonchev–Trinajstić information content (AvgIpc) is 2.87. The van der Waals surface area contributed by atoms with Crippen LogP contribution < -0.4 is 15.0 Å². The number of halogens is 2. The SMILES string of the molecule is COc1cc(Cl)cc(C=Nn2c(C(C)C)nc3ccc(Br)cc3c2=O)c1OCc1ccc(C(=O)O)cc1. The Labute approximate surface area is 226 Å². The Morgan fingerprint density at radius 3 is 2.57 bits per heavy atom. The van der Waals surface area contributed by atoms with E-state index < -0.39 is 5.97 Å². The lowest BCUT2D eigenvalue weighted by molar-refractivity contribution is 0.0697. The van der Waals surface area contributed by atoms with Gasteiger partial charge < -0.3 is 14.6 Å². The number of rotatable bonds is 8. The lowest BCUT2D eigenvalue weighted by atomic mass is 10.1. The Bertz CT molecular complexity index is 1570. The normalized spacial score (nSPS) is 11.4. The summed E-state index contributed by atoms with van der Waals surface area (Å²) in [5.74, 6) is 0.181. The largest absolute Gasteiger partial charge is 0.493 e. The molecule has 0 radical (unpaired) electrons. The molecule has 1 heterocycles. The van der Waals surface area contributed by atoms with Crippen LogP contribution in [0.5, 0.6) is 11.5 Å². The smallest absolute Gasteiger partial charge is 0.335 e. The highest BCUT2D eigenvalue weighted by Crippen LogP contribution is 2.34. The fourth-order valence-corrected chi connectivity index (χ4v) is 4.24. The summed E-state index contributed by atoms with van der Waals surface area (Å²) in [4.78, 5) is 29.1. The van der Waals surface area contributed by atoms with E-state index in [2.05, 4.69) is 26.0 Å². The highest BCUT2D eigenvalue weighted by Gasteiger charge is 2.16. The Morgan fingerprint density at radius 1 is 1.19 bits per heavy atom. The molecule has 0 fully saturated rings. The number of carboxylic acid groups (broad SMARTS) is 1. The number of hydrogen-bond donors (Lipinski definition) is 1. The second-order valence-corrected chi connectivity index (χ2v) is 9.82. The number of aromatic nitrogens is 2. The summed E-state index contributed by atoms with van der Waals surface area (Å²) in [6.07, 6.45) is 1.48. The summed E-state index contributed by atoms with van der Waals surface area (Å²) < 4.78 is 13.6. The molecule has 0 aliphatic rings. The molecule has 3 aromatic carbocycles. The number of aromatic carboxylic acids is 1. The third kappa shape index (κ3) is 5.84. The van der Waals surface area contributed by atoms with E-state index in [1.54, 1.807) is 36.4 Å². The van der Waals surface area contributed by atoms with Crippen LogP contribution in [0.25, 0.3) is 10.9 Å². The molecule has 0 aliphatic carbocycles. The molecule has 8 nitrogen and oxygen atoms in total. The maximum atomic E-state index is 13.4. The van der Waals surface area contributed by atoms with Gasteiger partial charge >= 0.3 is 5.97 Å². The lowest BCUT2D eigenvalue weighted by Crippen LogP contribution is -2.23. The third-order valence-corrected chi connectivity index (χ3v) is 6.23. The molecular formula is C27H23BrClN3O5. The van der Waals surface area contributed by atoms with E-state index in [9.17, 15) is 9.59 Å². The van der Waals surface area contributed by atoms with Crippen LogP contribution in [0.15, 0.2) is 69.0 Å². The number of carbonyl (C=O) groups is 1. The van der Waals surface area contributed by atoms with Gasteiger partial charge in [0.25, 0.3) is 5.56 Å². The van der Waals surface area contributed by atoms with Crippen molar-refractivity contribution in [3.63, 3.8) is 0 Å². The van der Waals surface area contributed by atoms with Gasteiger partial charge in [-0.3, -0.25) is 4.79 Å². The van der Waals surface area contributed by atoms with Gasteiger partial charge in [-0.2, -0.15) is 9.78 Å². The Kier molecular flexibility index (Phi) is 7.94. The molecule has 0 atom stereocenters. The fraction of sp³-hybridized carbons (Fsp3) is 0.185. The van der Waals surface area contributed by atoms with Crippen molar-refractivity contribution < 1.29 is 19.4 Å². The first-order valence-corrected chi connectivity index (χ1v) is 12.4. The summed E-state index contributed by atoms with van der Waals surface area (Å²) in [7, 11) is 1.49. The zero-order chi connectivity index (χ0) is 26.7. The molecule has 0 bridgehead atoms. The second kappa shape index (κ2) is 11.1. The van der Waals surface area contributed by atoms with Crippen molar-refractivity contribution in [2.24, 2.45) is 5.10 Å². The predicted molar refractivity (Wildman–Crippen MR) is 147 cm³/mol. The average molecular weight is 585 g/mol. The van der Waals surface area contributed by atoms with E-state index in [1.165, 1.54) is 30.1 Å². The molecule has 0 aliphatic heterocycles. The highest BCUT2D eigenvalue weighted by molar-refractivity contribution is 9.10. The van der Waals surface area contributed by atoms with Crippen molar-refractivity contribution >= 4 is 50.6 Å². The minimum atomic E-state index is -1.00. The Balaban J connectivity index is 1.75. The lowest BCUT2D eigenvalue weighted by Gasteiger charge is -2.15. The molecule has 190 valence electrons. The van der Waals surface area contributed by atoms with Crippen molar-refractivity contribution in [2.45, 2.75) is 26.4 Å². The van der Waals surface area contributed by atoms with Gasteiger partial charge in [-0.25, -0.2) is 9.78 Å². The van der Waals surface area contributed by atoms with Gasteiger partial charge in [0.1, 0.15) is 12.4 Å². The van der Waals surface area contributed by atoms with Gasteiger partial charge in [-0.15, -0.1) is 0 Å². The van der Waals surface area contributed by atoms with Crippen LogP contribution in [0, 0.1) is 0 Å². The van der Waals surface area contributed by atoms with E-state index in [0.717, 1.165) is 10.0 Å². The molecule has 0 spiro atoms. The van der Waals surface area contributed by atoms with Gasteiger partial charge in [0, 0.05) is 27.0 Å². The zero-order valence-electron chi connectivity index (χ0n) is 20.2. The van der Waals surface area contributed by atoms with E-state index >= 15 is 0 Å². The third-order valence-electron chi connectivity index (χ3n) is 5.51. The van der Waals surface area contributed by atoms with E-state index in [-0.39, 0.29) is 23.6 Å². The maximum absolute atomic E-state index is 13.4. The first kappa shape index (κ1) is 26.4. The summed E-state index contributed by atoms with van der Waals surface area (Å²) in [5, 5.41) is 14.4. The Morgan fingerprint density at radius 2 is 1.92 bits per heavy atom. The second-order valence-electron chi connectivity index (χ2n) is 8.46.